The van der Waals surface area contributed by atoms with Crippen molar-refractivity contribution in [3.8, 4) is 6.07 Å². The number of pyridine rings is 1. The van der Waals surface area contributed by atoms with Crippen LogP contribution in [-0.4, -0.2) is 53.6 Å². The number of nitriles is 1. The fourth-order valence-corrected chi connectivity index (χ4v) is 4.82. The molecule has 0 aromatic carbocycles. The number of ether oxygens (including phenoxy) is 1. The molecule has 7 heteroatoms. The van der Waals surface area contributed by atoms with Crippen LogP contribution in [0, 0.1) is 17.2 Å². The number of nitrogens with zero attached hydrogens (tertiary/aromatic N) is 4. The van der Waals surface area contributed by atoms with E-state index in [0.29, 0.717) is 43.6 Å². The number of hydrogen-bond donors (Lipinski definition) is 1. The van der Waals surface area contributed by atoms with Gasteiger partial charge >= 0.3 is 0 Å². The number of amides is 1. The van der Waals surface area contributed by atoms with Crippen molar-refractivity contribution < 1.29 is 9.53 Å². The van der Waals surface area contributed by atoms with Gasteiger partial charge in [0.25, 0.3) is 0 Å². The van der Waals surface area contributed by atoms with E-state index in [-0.39, 0.29) is 24.1 Å². The molecule has 1 amide bonds. The first-order valence-electron chi connectivity index (χ1n) is 11.1. The molecular weight excluding hydrogens is 378 g/mol. The zero-order valence-electron chi connectivity index (χ0n) is 18.6. The van der Waals surface area contributed by atoms with Crippen LogP contribution in [0.4, 0.5) is 5.82 Å². The number of carbonyl (C=O) groups is 1. The lowest BCUT2D eigenvalue weighted by Crippen LogP contribution is -2.58. The van der Waals surface area contributed by atoms with Crippen LogP contribution in [0.5, 0.6) is 0 Å². The molecule has 162 valence electrons. The average Bonchev–Trinajstić information content (AvgIpc) is 3.56. The van der Waals surface area contributed by atoms with Crippen LogP contribution in [0.1, 0.15) is 68.8 Å². The second-order valence-corrected chi connectivity index (χ2v) is 9.81. The summed E-state index contributed by atoms with van der Waals surface area (Å²) in [4.78, 5) is 21.6. The number of aromatic nitrogens is 1. The predicted molar refractivity (Wildman–Crippen MR) is 115 cm³/mol. The molecule has 0 unspecified atom stereocenters. The maximum absolute atomic E-state index is 12.4. The molecule has 1 aliphatic carbocycles. The maximum Gasteiger partial charge on any atom is 0.236 e. The molecular formula is C23H33N5O2. The summed E-state index contributed by atoms with van der Waals surface area (Å²) in [5, 5.41) is 10.1. The molecule has 2 N–H and O–H groups in total. The van der Waals surface area contributed by atoms with Gasteiger partial charge in [0.15, 0.2) is 0 Å². The van der Waals surface area contributed by atoms with Gasteiger partial charge in [0.05, 0.1) is 36.1 Å². The smallest absolute Gasteiger partial charge is 0.236 e. The van der Waals surface area contributed by atoms with Crippen LogP contribution in [0.3, 0.4) is 0 Å². The minimum absolute atomic E-state index is 0.00942. The van der Waals surface area contributed by atoms with Crippen LogP contribution in [-0.2, 0) is 22.6 Å². The second kappa shape index (κ2) is 7.82. The van der Waals surface area contributed by atoms with Gasteiger partial charge in [0.1, 0.15) is 11.9 Å². The molecule has 3 aliphatic rings. The fourth-order valence-electron chi connectivity index (χ4n) is 4.82. The summed E-state index contributed by atoms with van der Waals surface area (Å²) in [5.41, 5.74) is 9.41. The Morgan fingerprint density at radius 3 is 2.67 bits per heavy atom. The molecule has 1 aromatic rings. The zero-order chi connectivity index (χ0) is 21.6. The Morgan fingerprint density at radius 2 is 2.07 bits per heavy atom. The highest BCUT2D eigenvalue weighted by molar-refractivity contribution is 5.79. The van der Waals surface area contributed by atoms with E-state index in [2.05, 4.69) is 38.7 Å². The highest BCUT2D eigenvalue weighted by Crippen LogP contribution is 2.45. The third-order valence-corrected chi connectivity index (χ3v) is 6.69. The number of nitrogens with two attached hydrogens (primary N) is 1. The van der Waals surface area contributed by atoms with Gasteiger partial charge < -0.3 is 20.3 Å². The average molecular weight is 412 g/mol. The molecule has 3 heterocycles. The number of fused-ring (bicyclic) bond motifs is 1. The molecule has 1 atom stereocenters. The molecule has 0 bridgehead atoms. The quantitative estimate of drug-likeness (QED) is 0.817. The Morgan fingerprint density at radius 1 is 1.33 bits per heavy atom. The van der Waals surface area contributed by atoms with Crippen molar-refractivity contribution in [3.05, 3.63) is 22.4 Å². The Kier molecular flexibility index (Phi) is 5.50. The fraction of sp³-hybridized carbons (Fsp3) is 0.696. The zero-order valence-corrected chi connectivity index (χ0v) is 18.6. The Bertz CT molecular complexity index is 885. The summed E-state index contributed by atoms with van der Waals surface area (Å²) in [5.74, 6) is 1.56. The predicted octanol–water partition coefficient (Wildman–Crippen LogP) is 2.31. The van der Waals surface area contributed by atoms with Gasteiger partial charge in [0.2, 0.25) is 5.91 Å². The van der Waals surface area contributed by atoms with E-state index in [1.807, 2.05) is 4.90 Å². The minimum Gasteiger partial charge on any atom is -0.370 e. The number of rotatable bonds is 4. The van der Waals surface area contributed by atoms with Crippen LogP contribution < -0.4 is 10.6 Å². The molecule has 30 heavy (non-hydrogen) atoms. The Balaban J connectivity index is 1.75. The summed E-state index contributed by atoms with van der Waals surface area (Å²) < 4.78 is 6.08. The van der Waals surface area contributed by atoms with E-state index in [1.165, 1.54) is 0 Å². The van der Waals surface area contributed by atoms with Gasteiger partial charge in [-0.15, -0.1) is 0 Å². The van der Waals surface area contributed by atoms with E-state index < -0.39 is 0 Å². The molecule has 1 saturated heterocycles. The van der Waals surface area contributed by atoms with Crippen molar-refractivity contribution in [3.63, 3.8) is 0 Å². The van der Waals surface area contributed by atoms with Gasteiger partial charge in [-0.25, -0.2) is 4.98 Å². The van der Waals surface area contributed by atoms with Crippen LogP contribution in [0.2, 0.25) is 0 Å². The topological polar surface area (TPSA) is 95.5 Å². The first-order chi connectivity index (χ1) is 14.3. The monoisotopic (exact) mass is 411 g/mol. The van der Waals surface area contributed by atoms with Gasteiger partial charge in [-0.2, -0.15) is 5.26 Å². The Hall–Kier alpha value is -2.17. The lowest BCUT2D eigenvalue weighted by molar-refractivity contribution is -0.133. The van der Waals surface area contributed by atoms with Crippen molar-refractivity contribution in [2.45, 2.75) is 71.1 Å². The molecule has 1 aromatic heterocycles. The first-order valence-corrected chi connectivity index (χ1v) is 11.1. The van der Waals surface area contributed by atoms with Gasteiger partial charge in [-0.3, -0.25) is 4.79 Å². The highest BCUT2D eigenvalue weighted by Gasteiger charge is 2.39. The molecule has 2 fully saturated rings. The van der Waals surface area contributed by atoms with Gasteiger partial charge in [0, 0.05) is 37.5 Å². The third kappa shape index (κ3) is 3.79. The normalized spacial score (nSPS) is 23.3. The summed E-state index contributed by atoms with van der Waals surface area (Å²) >= 11 is 0. The van der Waals surface area contributed by atoms with Crippen molar-refractivity contribution >= 4 is 11.7 Å². The van der Waals surface area contributed by atoms with Crippen molar-refractivity contribution in [2.75, 3.05) is 31.1 Å². The molecule has 0 spiro atoms. The first kappa shape index (κ1) is 21.1. The molecule has 1 saturated carbocycles. The molecule has 7 nitrogen and oxygen atoms in total. The molecule has 2 aliphatic heterocycles. The maximum atomic E-state index is 12.4. The van der Waals surface area contributed by atoms with Crippen molar-refractivity contribution in [2.24, 2.45) is 11.7 Å². The molecule has 4 rings (SSSR count). The van der Waals surface area contributed by atoms with Gasteiger partial charge in [-0.1, -0.05) is 13.8 Å². The number of hydrogen-bond acceptors (Lipinski definition) is 6. The van der Waals surface area contributed by atoms with E-state index in [4.69, 9.17) is 15.5 Å². The van der Waals surface area contributed by atoms with Crippen LogP contribution >= 0.6 is 0 Å². The number of anilines is 1. The summed E-state index contributed by atoms with van der Waals surface area (Å²) in [6.45, 7) is 10.9. The van der Waals surface area contributed by atoms with E-state index in [0.717, 1.165) is 41.9 Å². The Labute approximate surface area is 179 Å². The largest absolute Gasteiger partial charge is 0.370 e. The minimum atomic E-state index is -0.287. The van der Waals surface area contributed by atoms with Gasteiger partial charge in [-0.05, 0) is 38.2 Å². The lowest BCUT2D eigenvalue weighted by Gasteiger charge is -2.44. The third-order valence-electron chi connectivity index (χ3n) is 6.69. The summed E-state index contributed by atoms with van der Waals surface area (Å²) in [6, 6.07) is 2.53. The number of carbonyl (C=O) groups excluding carboxylic acids is 1. The van der Waals surface area contributed by atoms with E-state index in [9.17, 15) is 10.1 Å². The standard InChI is InChI=1S/C23H33N5O2/c1-14(2)19-12-27(7-8-28(19)20(29)11-25)22-17(10-24)16-9-23(3,4)30-13-18(16)21(26-22)15-5-6-15/h14-15,19H,5-9,11-13,25H2,1-4H3/t19-/m0/s1. The van der Waals surface area contributed by atoms with Crippen molar-refractivity contribution in [1.82, 2.24) is 9.88 Å². The molecule has 0 radical (unpaired) electrons. The summed E-state index contributed by atoms with van der Waals surface area (Å²) in [6.07, 6.45) is 3.03. The van der Waals surface area contributed by atoms with E-state index in [1.54, 1.807) is 0 Å². The second-order valence-electron chi connectivity index (χ2n) is 9.81. The highest BCUT2D eigenvalue weighted by atomic mass is 16.5. The van der Waals surface area contributed by atoms with E-state index >= 15 is 0 Å². The van der Waals surface area contributed by atoms with Crippen LogP contribution in [0.15, 0.2) is 0 Å². The van der Waals surface area contributed by atoms with Crippen molar-refractivity contribution in [1.29, 1.82) is 5.26 Å². The number of piperazine rings is 1. The van der Waals surface area contributed by atoms with Crippen LogP contribution in [0.25, 0.3) is 0 Å². The summed E-state index contributed by atoms with van der Waals surface area (Å²) in [7, 11) is 0. The lowest BCUT2D eigenvalue weighted by atomic mass is 9.87. The SMILES string of the molecule is CC(C)[C@@H]1CN(c2nc(C3CC3)c3c(c2C#N)CC(C)(C)OC3)CCN1C(=O)CN.